The topological polar surface area (TPSA) is 63.0 Å². The van der Waals surface area contributed by atoms with Gasteiger partial charge >= 0.3 is 5.97 Å². The van der Waals surface area contributed by atoms with Crippen molar-refractivity contribution in [2.75, 3.05) is 12.9 Å². The molecule has 4 nitrogen and oxygen atoms in total. The zero-order chi connectivity index (χ0) is 20.3. The molecule has 1 fully saturated rings. The van der Waals surface area contributed by atoms with Crippen molar-refractivity contribution >= 4 is 28.5 Å². The maximum atomic E-state index is 12.1. The monoisotopic (exact) mass is 398 g/mol. The number of aromatic nitrogens is 1. The Kier molecular flexibility index (Phi) is 5.25. The molecular weight excluding hydrogens is 380 g/mol. The summed E-state index contributed by atoms with van der Waals surface area (Å²) in [6.45, 7) is 0. The molecule has 0 aliphatic heterocycles. The van der Waals surface area contributed by atoms with Crippen molar-refractivity contribution in [2.24, 2.45) is 0 Å². The van der Waals surface area contributed by atoms with Crippen LogP contribution in [0, 0.1) is 23.2 Å². The molecule has 29 heavy (non-hydrogen) atoms. The number of hydrogen-bond donors (Lipinski definition) is 0. The Morgan fingerprint density at radius 2 is 2.00 bits per heavy atom. The van der Waals surface area contributed by atoms with Crippen LogP contribution in [0.4, 0.5) is 0 Å². The van der Waals surface area contributed by atoms with Gasteiger partial charge in [0.2, 0.25) is 0 Å². The first-order valence-corrected chi connectivity index (χ1v) is 10.2. The molecule has 0 spiro atoms. The van der Waals surface area contributed by atoms with Gasteiger partial charge in [-0.3, -0.25) is 4.79 Å². The summed E-state index contributed by atoms with van der Waals surface area (Å²) in [5.74, 6) is 6.72. The average Bonchev–Trinajstić information content (AvgIpc) is 3.58. The third kappa shape index (κ3) is 3.83. The summed E-state index contributed by atoms with van der Waals surface area (Å²) in [5.41, 5.74) is 2.07. The standard InChI is InChI=1S/C24H18N2O2S/c1-28-23(27)24(10-11-24)21-9-8-18-14-17(6-7-19(18)15-21)4-3-13-29-22-20(16-25)5-2-12-26-22/h2,5-9,12,14-15H,10-11,13H2,1H3. The van der Waals surface area contributed by atoms with E-state index in [4.69, 9.17) is 10.00 Å². The number of carbonyl (C=O) groups is 1. The Hall–Kier alpha value is -3.28. The lowest BCUT2D eigenvalue weighted by Gasteiger charge is -2.13. The second-order valence-corrected chi connectivity index (χ2v) is 7.87. The van der Waals surface area contributed by atoms with Gasteiger partial charge in [0.1, 0.15) is 11.1 Å². The molecule has 2 aromatic carbocycles. The van der Waals surface area contributed by atoms with E-state index in [1.165, 1.54) is 18.9 Å². The predicted molar refractivity (Wildman–Crippen MR) is 113 cm³/mol. The van der Waals surface area contributed by atoms with Gasteiger partial charge in [-0.1, -0.05) is 47.9 Å². The number of carbonyl (C=O) groups excluding carboxylic acids is 1. The molecule has 3 aromatic rings. The smallest absolute Gasteiger partial charge is 0.316 e. The number of benzene rings is 2. The minimum Gasteiger partial charge on any atom is -0.468 e. The highest BCUT2D eigenvalue weighted by Crippen LogP contribution is 2.49. The van der Waals surface area contributed by atoms with Crippen LogP contribution in [0.15, 0.2) is 59.8 Å². The maximum Gasteiger partial charge on any atom is 0.316 e. The summed E-state index contributed by atoms with van der Waals surface area (Å²) in [7, 11) is 1.45. The molecule has 0 bridgehead atoms. The van der Waals surface area contributed by atoms with Crippen molar-refractivity contribution in [2.45, 2.75) is 23.3 Å². The van der Waals surface area contributed by atoms with Crippen LogP contribution < -0.4 is 0 Å². The van der Waals surface area contributed by atoms with Crippen LogP contribution in [0.2, 0.25) is 0 Å². The number of fused-ring (bicyclic) bond motifs is 1. The van der Waals surface area contributed by atoms with E-state index in [2.05, 4.69) is 35.0 Å². The van der Waals surface area contributed by atoms with E-state index >= 15 is 0 Å². The highest BCUT2D eigenvalue weighted by Gasteiger charge is 2.52. The fourth-order valence-electron chi connectivity index (χ4n) is 3.39. The largest absolute Gasteiger partial charge is 0.468 e. The van der Waals surface area contributed by atoms with Crippen molar-refractivity contribution in [1.82, 2.24) is 4.98 Å². The van der Waals surface area contributed by atoms with Crippen LogP contribution >= 0.6 is 11.8 Å². The summed E-state index contributed by atoms with van der Waals surface area (Å²) < 4.78 is 4.98. The Balaban J connectivity index is 1.49. The first-order valence-electron chi connectivity index (χ1n) is 9.26. The van der Waals surface area contributed by atoms with E-state index in [0.29, 0.717) is 16.3 Å². The van der Waals surface area contributed by atoms with Crippen LogP contribution in [0.1, 0.15) is 29.5 Å². The fourth-order valence-corrected chi connectivity index (χ4v) is 4.07. The van der Waals surface area contributed by atoms with Crippen LogP contribution in [0.3, 0.4) is 0 Å². The molecule has 0 N–H and O–H groups in total. The van der Waals surface area contributed by atoms with E-state index in [9.17, 15) is 4.79 Å². The molecule has 0 radical (unpaired) electrons. The molecule has 1 aromatic heterocycles. The number of nitriles is 1. The first-order chi connectivity index (χ1) is 14.2. The summed E-state index contributed by atoms with van der Waals surface area (Å²) in [5, 5.41) is 12.0. The first kappa shape index (κ1) is 19.1. The SMILES string of the molecule is COC(=O)C1(c2ccc3cc(C#CCSc4ncccc4C#N)ccc3c2)CC1. The molecule has 1 aliphatic rings. The third-order valence-electron chi connectivity index (χ3n) is 5.12. The molecule has 1 aliphatic carbocycles. The van der Waals surface area contributed by atoms with E-state index in [1.54, 1.807) is 18.3 Å². The number of nitrogens with zero attached hydrogens (tertiary/aromatic N) is 2. The highest BCUT2D eigenvalue weighted by molar-refractivity contribution is 7.99. The van der Waals surface area contributed by atoms with Crippen LogP contribution in [0.5, 0.6) is 0 Å². The summed E-state index contributed by atoms with van der Waals surface area (Å²) in [4.78, 5) is 16.3. The Morgan fingerprint density at radius 1 is 1.21 bits per heavy atom. The molecule has 0 amide bonds. The van der Waals surface area contributed by atoms with Crippen LogP contribution in [-0.2, 0) is 14.9 Å². The van der Waals surface area contributed by atoms with Gasteiger partial charge in [-0.05, 0) is 53.4 Å². The zero-order valence-corrected chi connectivity index (χ0v) is 16.8. The van der Waals surface area contributed by atoms with Gasteiger partial charge < -0.3 is 4.74 Å². The van der Waals surface area contributed by atoms with E-state index < -0.39 is 5.41 Å². The van der Waals surface area contributed by atoms with Gasteiger partial charge in [-0.25, -0.2) is 4.98 Å². The van der Waals surface area contributed by atoms with E-state index in [-0.39, 0.29) is 5.97 Å². The Labute approximate surface area is 173 Å². The molecule has 4 rings (SSSR count). The fraction of sp³-hybridized carbons (Fsp3) is 0.208. The van der Waals surface area contributed by atoms with Gasteiger partial charge in [0.15, 0.2) is 0 Å². The van der Waals surface area contributed by atoms with Gasteiger partial charge in [0.25, 0.3) is 0 Å². The molecule has 5 heteroatoms. The van der Waals surface area contributed by atoms with Gasteiger partial charge in [-0.15, -0.1) is 0 Å². The number of methoxy groups -OCH3 is 1. The number of ether oxygens (including phenoxy) is 1. The number of esters is 1. The lowest BCUT2D eigenvalue weighted by Crippen LogP contribution is -2.21. The van der Waals surface area contributed by atoms with E-state index in [1.807, 2.05) is 24.3 Å². The molecule has 0 atom stereocenters. The number of hydrogen-bond acceptors (Lipinski definition) is 5. The Morgan fingerprint density at radius 3 is 2.76 bits per heavy atom. The third-order valence-corrected chi connectivity index (χ3v) is 6.01. The van der Waals surface area contributed by atoms with Crippen molar-refractivity contribution < 1.29 is 9.53 Å². The molecule has 142 valence electrons. The highest BCUT2D eigenvalue weighted by atomic mass is 32.2. The van der Waals surface area contributed by atoms with Crippen LogP contribution in [-0.4, -0.2) is 23.8 Å². The second kappa shape index (κ2) is 7.99. The minimum atomic E-state index is -0.452. The lowest BCUT2D eigenvalue weighted by atomic mass is 9.93. The minimum absolute atomic E-state index is 0.149. The average molecular weight is 398 g/mol. The van der Waals surface area contributed by atoms with Gasteiger partial charge in [0.05, 0.1) is 23.8 Å². The summed E-state index contributed by atoms with van der Waals surface area (Å²) in [6, 6.07) is 17.9. The lowest BCUT2D eigenvalue weighted by molar-refractivity contribution is -0.143. The van der Waals surface area contributed by atoms with Gasteiger partial charge in [-0.2, -0.15) is 5.26 Å². The summed E-state index contributed by atoms with van der Waals surface area (Å²) >= 11 is 1.46. The summed E-state index contributed by atoms with van der Waals surface area (Å²) in [6.07, 6.45) is 3.37. The molecule has 1 heterocycles. The Bertz CT molecular complexity index is 1200. The normalized spacial score (nSPS) is 13.8. The molecule has 0 unspecified atom stereocenters. The number of rotatable bonds is 4. The van der Waals surface area contributed by atoms with Crippen molar-refractivity contribution in [1.29, 1.82) is 5.26 Å². The van der Waals surface area contributed by atoms with Gasteiger partial charge in [0, 0.05) is 11.8 Å². The van der Waals surface area contributed by atoms with Crippen molar-refractivity contribution in [3.8, 4) is 17.9 Å². The maximum absolute atomic E-state index is 12.1. The number of thioether (sulfide) groups is 1. The van der Waals surface area contributed by atoms with E-state index in [0.717, 1.165) is 34.7 Å². The quantitative estimate of drug-likeness (QED) is 0.369. The van der Waals surface area contributed by atoms with Crippen molar-refractivity contribution in [3.05, 3.63) is 71.4 Å². The predicted octanol–water partition coefficient (Wildman–Crippen LogP) is 4.45. The second-order valence-electron chi connectivity index (χ2n) is 6.91. The molecule has 0 saturated heterocycles. The van der Waals surface area contributed by atoms with Crippen LogP contribution in [0.25, 0.3) is 10.8 Å². The van der Waals surface area contributed by atoms with Crippen molar-refractivity contribution in [3.63, 3.8) is 0 Å². The molecular formula is C24H18N2O2S. The molecule has 1 saturated carbocycles. The number of pyridine rings is 1. The zero-order valence-electron chi connectivity index (χ0n) is 15.9.